The Labute approximate surface area is 112 Å². The van der Waals surface area contributed by atoms with Crippen LogP contribution >= 0.6 is 11.3 Å². The molecule has 1 atom stereocenters. The van der Waals surface area contributed by atoms with Crippen molar-refractivity contribution in [3.8, 4) is 0 Å². The molecule has 0 amide bonds. The Bertz CT molecular complexity index is 507. The molecule has 0 aliphatic rings. The third kappa shape index (κ3) is 3.15. The van der Waals surface area contributed by atoms with Crippen LogP contribution in [-0.4, -0.2) is 9.97 Å². The van der Waals surface area contributed by atoms with E-state index in [-0.39, 0.29) is 6.04 Å². The number of nitrogens with one attached hydrogen (secondary N) is 1. The Morgan fingerprint density at radius 2 is 2.22 bits per heavy atom. The molecule has 4 heteroatoms. The monoisotopic (exact) mass is 261 g/mol. The first kappa shape index (κ1) is 13.2. The molecule has 96 valence electrons. The first-order valence-electron chi connectivity index (χ1n) is 6.29. The normalized spacial score (nSPS) is 12.6. The molecule has 0 radical (unpaired) electrons. The summed E-state index contributed by atoms with van der Waals surface area (Å²) in [6.45, 7) is 7.19. The Kier molecular flexibility index (Phi) is 4.44. The number of aryl methyl sites for hydroxylation is 2. The quantitative estimate of drug-likeness (QED) is 0.897. The molecular weight excluding hydrogens is 242 g/mol. The second-order valence-corrected chi connectivity index (χ2v) is 5.53. The fourth-order valence-electron chi connectivity index (χ4n) is 1.73. The smallest absolute Gasteiger partial charge is 0.109 e. The summed E-state index contributed by atoms with van der Waals surface area (Å²) in [5.74, 6) is 0. The first-order valence-corrected chi connectivity index (χ1v) is 7.10. The van der Waals surface area contributed by atoms with Crippen molar-refractivity contribution in [2.24, 2.45) is 0 Å². The van der Waals surface area contributed by atoms with Crippen LogP contribution in [-0.2, 0) is 13.0 Å². The van der Waals surface area contributed by atoms with E-state index in [4.69, 9.17) is 0 Å². The molecule has 2 rings (SSSR count). The second-order valence-electron chi connectivity index (χ2n) is 4.39. The van der Waals surface area contributed by atoms with Crippen LogP contribution in [0.5, 0.6) is 0 Å². The average molecular weight is 261 g/mol. The van der Waals surface area contributed by atoms with E-state index in [0.717, 1.165) is 23.7 Å². The van der Waals surface area contributed by atoms with E-state index in [1.54, 1.807) is 11.3 Å². The third-order valence-electron chi connectivity index (χ3n) is 2.98. The molecule has 0 fully saturated rings. The molecule has 0 spiro atoms. The maximum atomic E-state index is 4.46. The maximum absolute atomic E-state index is 4.46. The van der Waals surface area contributed by atoms with E-state index >= 15 is 0 Å². The fraction of sp³-hybridized carbons (Fsp3) is 0.429. The van der Waals surface area contributed by atoms with Gasteiger partial charge in [0.2, 0.25) is 0 Å². The van der Waals surface area contributed by atoms with Crippen molar-refractivity contribution in [1.29, 1.82) is 0 Å². The number of pyridine rings is 1. The molecule has 0 aliphatic carbocycles. The van der Waals surface area contributed by atoms with Gasteiger partial charge in [0.05, 0.1) is 11.7 Å². The molecule has 0 saturated heterocycles. The van der Waals surface area contributed by atoms with Gasteiger partial charge >= 0.3 is 0 Å². The van der Waals surface area contributed by atoms with E-state index in [2.05, 4.69) is 42.1 Å². The Morgan fingerprint density at radius 1 is 1.39 bits per heavy atom. The Morgan fingerprint density at radius 3 is 2.89 bits per heavy atom. The summed E-state index contributed by atoms with van der Waals surface area (Å²) < 4.78 is 0. The zero-order chi connectivity index (χ0) is 13.0. The van der Waals surface area contributed by atoms with Crippen molar-refractivity contribution in [3.05, 3.63) is 45.7 Å². The van der Waals surface area contributed by atoms with E-state index in [1.165, 1.54) is 10.4 Å². The minimum atomic E-state index is 0.275. The predicted octanol–water partition coefficient (Wildman–Crippen LogP) is 3.26. The third-order valence-corrected chi connectivity index (χ3v) is 4.31. The van der Waals surface area contributed by atoms with Gasteiger partial charge in [0, 0.05) is 23.8 Å². The summed E-state index contributed by atoms with van der Waals surface area (Å²) in [4.78, 5) is 10.2. The molecule has 1 N–H and O–H groups in total. The van der Waals surface area contributed by atoms with Gasteiger partial charge in [-0.3, -0.25) is 4.98 Å². The standard InChI is InChI=1S/C14H19N3S/c1-4-12-8-17-14(18-12)11(3)16-9-13-10(2)6-5-7-15-13/h5-8,11,16H,4,9H2,1-3H3. The minimum absolute atomic E-state index is 0.275. The zero-order valence-electron chi connectivity index (χ0n) is 11.1. The van der Waals surface area contributed by atoms with Gasteiger partial charge in [0.1, 0.15) is 5.01 Å². The van der Waals surface area contributed by atoms with Crippen LogP contribution in [0.2, 0.25) is 0 Å². The van der Waals surface area contributed by atoms with Crippen LogP contribution in [0.1, 0.15) is 41.0 Å². The molecule has 3 nitrogen and oxygen atoms in total. The highest BCUT2D eigenvalue weighted by molar-refractivity contribution is 7.11. The molecule has 2 heterocycles. The molecular formula is C14H19N3S. The van der Waals surface area contributed by atoms with Crippen molar-refractivity contribution in [2.75, 3.05) is 0 Å². The average Bonchev–Trinajstić information content (AvgIpc) is 2.86. The Balaban J connectivity index is 1.96. The highest BCUT2D eigenvalue weighted by Crippen LogP contribution is 2.20. The van der Waals surface area contributed by atoms with E-state index < -0.39 is 0 Å². The van der Waals surface area contributed by atoms with Gasteiger partial charge < -0.3 is 5.32 Å². The van der Waals surface area contributed by atoms with Crippen LogP contribution in [0.4, 0.5) is 0 Å². The summed E-state index contributed by atoms with van der Waals surface area (Å²) in [6.07, 6.45) is 4.88. The van der Waals surface area contributed by atoms with Crippen molar-refractivity contribution >= 4 is 11.3 Å². The van der Waals surface area contributed by atoms with Crippen molar-refractivity contribution in [3.63, 3.8) is 0 Å². The number of thiazole rings is 1. The first-order chi connectivity index (χ1) is 8.70. The summed E-state index contributed by atoms with van der Waals surface area (Å²) in [7, 11) is 0. The lowest BCUT2D eigenvalue weighted by Gasteiger charge is -2.11. The summed E-state index contributed by atoms with van der Waals surface area (Å²) in [5, 5.41) is 4.63. The molecule has 0 aromatic carbocycles. The van der Waals surface area contributed by atoms with Gasteiger partial charge in [-0.2, -0.15) is 0 Å². The molecule has 18 heavy (non-hydrogen) atoms. The molecule has 1 unspecified atom stereocenters. The topological polar surface area (TPSA) is 37.8 Å². The van der Waals surface area contributed by atoms with E-state index in [0.29, 0.717) is 0 Å². The van der Waals surface area contributed by atoms with Crippen molar-refractivity contribution < 1.29 is 0 Å². The van der Waals surface area contributed by atoms with Crippen LogP contribution < -0.4 is 5.32 Å². The van der Waals surface area contributed by atoms with Gasteiger partial charge in [-0.15, -0.1) is 11.3 Å². The molecule has 2 aromatic rings. The van der Waals surface area contributed by atoms with Crippen LogP contribution in [0.3, 0.4) is 0 Å². The second kappa shape index (κ2) is 6.07. The van der Waals surface area contributed by atoms with E-state index in [9.17, 15) is 0 Å². The van der Waals surface area contributed by atoms with Crippen molar-refractivity contribution in [1.82, 2.24) is 15.3 Å². The van der Waals surface area contributed by atoms with Crippen molar-refractivity contribution in [2.45, 2.75) is 39.8 Å². The fourth-order valence-corrected chi connectivity index (χ4v) is 2.61. The lowest BCUT2D eigenvalue weighted by molar-refractivity contribution is 0.563. The van der Waals surface area contributed by atoms with Gasteiger partial charge in [0.25, 0.3) is 0 Å². The van der Waals surface area contributed by atoms with Gasteiger partial charge in [-0.05, 0) is 31.9 Å². The summed E-state index contributed by atoms with van der Waals surface area (Å²) in [6, 6.07) is 4.33. The largest absolute Gasteiger partial charge is 0.302 e. The minimum Gasteiger partial charge on any atom is -0.302 e. The number of rotatable bonds is 5. The molecule has 2 aromatic heterocycles. The van der Waals surface area contributed by atoms with Crippen LogP contribution in [0, 0.1) is 6.92 Å². The lowest BCUT2D eigenvalue weighted by Crippen LogP contribution is -2.19. The van der Waals surface area contributed by atoms with E-state index in [1.807, 2.05) is 18.5 Å². The molecule has 0 bridgehead atoms. The van der Waals surface area contributed by atoms with Crippen LogP contribution in [0.25, 0.3) is 0 Å². The summed E-state index contributed by atoms with van der Waals surface area (Å²) >= 11 is 1.79. The van der Waals surface area contributed by atoms with Gasteiger partial charge in [-0.25, -0.2) is 4.98 Å². The highest BCUT2D eigenvalue weighted by Gasteiger charge is 2.10. The number of aromatic nitrogens is 2. The molecule has 0 aliphatic heterocycles. The number of hydrogen-bond donors (Lipinski definition) is 1. The maximum Gasteiger partial charge on any atom is 0.109 e. The number of hydrogen-bond acceptors (Lipinski definition) is 4. The molecule has 0 saturated carbocycles. The SMILES string of the molecule is CCc1cnc(C(C)NCc2ncccc2C)s1. The van der Waals surface area contributed by atoms with Crippen LogP contribution in [0.15, 0.2) is 24.5 Å². The Hall–Kier alpha value is -1.26. The van der Waals surface area contributed by atoms with Gasteiger partial charge in [0.15, 0.2) is 0 Å². The highest BCUT2D eigenvalue weighted by atomic mass is 32.1. The number of nitrogens with zero attached hydrogens (tertiary/aromatic N) is 2. The van der Waals surface area contributed by atoms with Gasteiger partial charge in [-0.1, -0.05) is 13.0 Å². The lowest BCUT2D eigenvalue weighted by atomic mass is 10.2. The zero-order valence-corrected chi connectivity index (χ0v) is 11.9. The summed E-state index contributed by atoms with van der Waals surface area (Å²) in [5.41, 5.74) is 2.34. The predicted molar refractivity (Wildman–Crippen MR) is 75.7 cm³/mol.